The lowest BCUT2D eigenvalue weighted by Gasteiger charge is -2.36. The van der Waals surface area contributed by atoms with E-state index in [0.717, 1.165) is 37.2 Å². The molecule has 2 aliphatic rings. The van der Waals surface area contributed by atoms with Gasteiger partial charge in [0.1, 0.15) is 0 Å². The summed E-state index contributed by atoms with van der Waals surface area (Å²) in [5.74, 6) is 0.0437. The van der Waals surface area contributed by atoms with Gasteiger partial charge < -0.3 is 14.5 Å². The first-order chi connectivity index (χ1) is 14.9. The van der Waals surface area contributed by atoms with Crippen LogP contribution in [0.5, 0.6) is 0 Å². The zero-order chi connectivity index (χ0) is 22.1. The molecule has 1 atom stereocenters. The van der Waals surface area contributed by atoms with Gasteiger partial charge in [-0.25, -0.2) is 9.50 Å². The first-order valence-electron chi connectivity index (χ1n) is 11.1. The molecule has 168 valence electrons. The Morgan fingerprint density at radius 2 is 2.10 bits per heavy atom. The highest BCUT2D eigenvalue weighted by Gasteiger charge is 2.31. The van der Waals surface area contributed by atoms with Crippen molar-refractivity contribution in [2.24, 2.45) is 5.92 Å². The van der Waals surface area contributed by atoms with Crippen molar-refractivity contribution in [2.75, 3.05) is 26.8 Å². The normalized spacial score (nSPS) is 19.2. The van der Waals surface area contributed by atoms with E-state index in [1.807, 2.05) is 24.8 Å². The number of H-pyrrole nitrogens is 1. The van der Waals surface area contributed by atoms with Gasteiger partial charge in [0.2, 0.25) is 11.8 Å². The average Bonchev–Trinajstić information content (AvgIpc) is 3.21. The number of aromatic nitrogens is 3. The topological polar surface area (TPSA) is 100 Å². The number of rotatable bonds is 5. The van der Waals surface area contributed by atoms with Gasteiger partial charge in [0.15, 0.2) is 5.65 Å². The number of likely N-dealkylation sites (tertiary alicyclic amines) is 1. The van der Waals surface area contributed by atoms with E-state index in [2.05, 4.69) is 5.10 Å². The van der Waals surface area contributed by atoms with Crippen LogP contribution in [0.4, 0.5) is 0 Å². The third kappa shape index (κ3) is 4.11. The van der Waals surface area contributed by atoms with Crippen LogP contribution in [0, 0.1) is 5.92 Å². The van der Waals surface area contributed by atoms with Crippen molar-refractivity contribution in [3.8, 4) is 0 Å². The minimum Gasteiger partial charge on any atom is -0.384 e. The third-order valence-corrected chi connectivity index (χ3v) is 6.29. The summed E-state index contributed by atoms with van der Waals surface area (Å²) in [4.78, 5) is 46.7. The second kappa shape index (κ2) is 8.82. The number of ether oxygens (including phenoxy) is 1. The number of piperidine rings is 1. The van der Waals surface area contributed by atoms with Gasteiger partial charge in [0.05, 0.1) is 42.6 Å². The zero-order valence-electron chi connectivity index (χ0n) is 18.5. The number of hydrogen-bond donors (Lipinski definition) is 1. The maximum Gasteiger partial charge on any atom is 0.277 e. The van der Waals surface area contributed by atoms with Crippen LogP contribution in [0.1, 0.15) is 62.5 Å². The minimum absolute atomic E-state index is 0.0192. The van der Waals surface area contributed by atoms with Crippen molar-refractivity contribution >= 4 is 17.5 Å². The van der Waals surface area contributed by atoms with Crippen LogP contribution >= 0.6 is 0 Å². The SMILES string of the molecule is COCCC(=O)N1CCc2nc3cc(C4CCCCN4C(=O)C(C)C)[nH]n3c(=O)c2C1. The number of amides is 2. The lowest BCUT2D eigenvalue weighted by Crippen LogP contribution is -2.41. The summed E-state index contributed by atoms with van der Waals surface area (Å²) < 4.78 is 6.46. The molecule has 9 nitrogen and oxygen atoms in total. The molecule has 1 N–H and O–H groups in total. The van der Waals surface area contributed by atoms with Gasteiger partial charge in [0.25, 0.3) is 5.56 Å². The summed E-state index contributed by atoms with van der Waals surface area (Å²) in [6.07, 6.45) is 3.76. The van der Waals surface area contributed by atoms with E-state index < -0.39 is 0 Å². The molecule has 0 aromatic carbocycles. The molecule has 0 aliphatic carbocycles. The van der Waals surface area contributed by atoms with Gasteiger partial charge in [0, 0.05) is 38.6 Å². The summed E-state index contributed by atoms with van der Waals surface area (Å²) in [5, 5.41) is 3.21. The van der Waals surface area contributed by atoms with E-state index in [-0.39, 0.29) is 35.9 Å². The molecule has 0 spiro atoms. The van der Waals surface area contributed by atoms with Crippen LogP contribution in [0.25, 0.3) is 5.65 Å². The van der Waals surface area contributed by atoms with E-state index in [1.165, 1.54) is 4.52 Å². The number of aromatic amines is 1. The Balaban J connectivity index is 1.65. The Hall–Kier alpha value is -2.68. The highest BCUT2D eigenvalue weighted by molar-refractivity contribution is 5.78. The average molecular weight is 430 g/mol. The summed E-state index contributed by atoms with van der Waals surface area (Å²) >= 11 is 0. The lowest BCUT2D eigenvalue weighted by molar-refractivity contribution is -0.138. The number of carbonyl (C=O) groups is 2. The molecule has 9 heteroatoms. The summed E-state index contributed by atoms with van der Waals surface area (Å²) in [6, 6.07) is 1.82. The van der Waals surface area contributed by atoms with Crippen LogP contribution in [-0.2, 0) is 27.3 Å². The highest BCUT2D eigenvalue weighted by Crippen LogP contribution is 2.31. The van der Waals surface area contributed by atoms with Crippen molar-refractivity contribution in [2.45, 2.75) is 58.5 Å². The Bertz CT molecular complexity index is 1040. The third-order valence-electron chi connectivity index (χ3n) is 6.29. The van der Waals surface area contributed by atoms with E-state index in [1.54, 1.807) is 12.0 Å². The molecular weight excluding hydrogens is 398 g/mol. The van der Waals surface area contributed by atoms with E-state index in [9.17, 15) is 14.4 Å². The predicted molar refractivity (Wildman–Crippen MR) is 115 cm³/mol. The van der Waals surface area contributed by atoms with Gasteiger partial charge in [-0.1, -0.05) is 13.8 Å². The summed E-state index contributed by atoms with van der Waals surface area (Å²) in [6.45, 7) is 5.75. The van der Waals surface area contributed by atoms with Crippen LogP contribution in [0.3, 0.4) is 0 Å². The maximum absolute atomic E-state index is 13.2. The predicted octanol–water partition coefficient (Wildman–Crippen LogP) is 1.65. The summed E-state index contributed by atoms with van der Waals surface area (Å²) in [5.41, 5.74) is 2.55. The molecule has 2 aromatic rings. The number of fused-ring (bicyclic) bond motifs is 2. The fraction of sp³-hybridized carbons (Fsp3) is 0.636. The smallest absolute Gasteiger partial charge is 0.277 e. The van der Waals surface area contributed by atoms with E-state index >= 15 is 0 Å². The number of carbonyl (C=O) groups excluding carboxylic acids is 2. The zero-order valence-corrected chi connectivity index (χ0v) is 18.5. The standard InChI is InChI=1S/C22H31N5O4/c1-14(2)21(29)26-9-5-4-6-18(26)17-12-19-23-16-7-10-25(20(28)8-11-31-3)13-15(16)22(30)27(19)24-17/h12,14,18,24H,4-11,13H2,1-3H3. The van der Waals surface area contributed by atoms with Crippen LogP contribution in [0.2, 0.25) is 0 Å². The van der Waals surface area contributed by atoms with Gasteiger partial charge in [-0.3, -0.25) is 19.5 Å². The lowest BCUT2D eigenvalue weighted by atomic mass is 9.97. The number of methoxy groups -OCH3 is 1. The first kappa shape index (κ1) is 21.5. The molecule has 4 rings (SSSR count). The van der Waals surface area contributed by atoms with Gasteiger partial charge >= 0.3 is 0 Å². The fourth-order valence-electron chi connectivity index (χ4n) is 4.58. The first-order valence-corrected chi connectivity index (χ1v) is 11.1. The monoisotopic (exact) mass is 429 g/mol. The van der Waals surface area contributed by atoms with Gasteiger partial charge in [-0.2, -0.15) is 0 Å². The molecule has 0 saturated carbocycles. The quantitative estimate of drug-likeness (QED) is 0.779. The van der Waals surface area contributed by atoms with Crippen molar-refractivity contribution in [3.63, 3.8) is 0 Å². The van der Waals surface area contributed by atoms with Crippen LogP contribution < -0.4 is 5.56 Å². The largest absolute Gasteiger partial charge is 0.384 e. The van der Waals surface area contributed by atoms with Gasteiger partial charge in [-0.15, -0.1) is 0 Å². The Labute approximate surface area is 181 Å². The Kier molecular flexibility index (Phi) is 6.13. The molecule has 1 saturated heterocycles. The van der Waals surface area contributed by atoms with Crippen LogP contribution in [0.15, 0.2) is 10.9 Å². The molecule has 31 heavy (non-hydrogen) atoms. The molecule has 1 unspecified atom stereocenters. The number of nitrogens with zero attached hydrogens (tertiary/aromatic N) is 4. The Morgan fingerprint density at radius 3 is 2.84 bits per heavy atom. The molecule has 2 aromatic heterocycles. The highest BCUT2D eigenvalue weighted by atomic mass is 16.5. The van der Waals surface area contributed by atoms with E-state index in [0.29, 0.717) is 37.2 Å². The van der Waals surface area contributed by atoms with Gasteiger partial charge in [-0.05, 0) is 19.3 Å². The number of hydrogen-bond acceptors (Lipinski definition) is 5. The number of nitrogens with one attached hydrogen (secondary N) is 1. The van der Waals surface area contributed by atoms with E-state index in [4.69, 9.17) is 9.72 Å². The molecule has 2 aliphatic heterocycles. The van der Waals surface area contributed by atoms with Crippen molar-refractivity contribution in [1.82, 2.24) is 24.4 Å². The molecule has 1 fully saturated rings. The fourth-order valence-corrected chi connectivity index (χ4v) is 4.58. The summed E-state index contributed by atoms with van der Waals surface area (Å²) in [7, 11) is 1.57. The van der Waals surface area contributed by atoms with Crippen LogP contribution in [-0.4, -0.2) is 63.0 Å². The second-order valence-corrected chi connectivity index (χ2v) is 8.75. The molecule has 0 bridgehead atoms. The van der Waals surface area contributed by atoms with Crippen molar-refractivity contribution in [1.29, 1.82) is 0 Å². The molecule has 2 amide bonds. The Morgan fingerprint density at radius 1 is 1.29 bits per heavy atom. The molecule has 0 radical (unpaired) electrons. The second-order valence-electron chi connectivity index (χ2n) is 8.75. The molecular formula is C22H31N5O4. The maximum atomic E-state index is 13.2. The van der Waals surface area contributed by atoms with Crippen molar-refractivity contribution in [3.05, 3.63) is 33.4 Å². The van der Waals surface area contributed by atoms with Crippen molar-refractivity contribution < 1.29 is 14.3 Å². The molecule has 4 heterocycles. The minimum atomic E-state index is -0.173.